The van der Waals surface area contributed by atoms with Crippen LogP contribution in [0.3, 0.4) is 0 Å². The Hall–Kier alpha value is -3.95. The number of likely N-dealkylation sites (tertiary alicyclic amines) is 1. The first-order valence-corrected chi connectivity index (χ1v) is 13.4. The lowest BCUT2D eigenvalue weighted by Gasteiger charge is -2.38. The van der Waals surface area contributed by atoms with Gasteiger partial charge in [0.05, 0.1) is 37.2 Å². The molecule has 2 aromatic heterocycles. The number of carbonyl (C=O) groups is 1. The highest BCUT2D eigenvalue weighted by atomic mass is 16.5. The number of aromatic nitrogens is 3. The Bertz CT molecular complexity index is 1500. The topological polar surface area (TPSA) is 102 Å². The number of methoxy groups -OCH3 is 2. The molecule has 9 nitrogen and oxygen atoms in total. The second kappa shape index (κ2) is 10.7. The lowest BCUT2D eigenvalue weighted by Crippen LogP contribution is -2.54. The van der Waals surface area contributed by atoms with Crippen molar-refractivity contribution in [1.29, 1.82) is 0 Å². The molecule has 2 aliphatic rings. The van der Waals surface area contributed by atoms with Gasteiger partial charge in [-0.1, -0.05) is 25.0 Å². The molecule has 2 unspecified atom stereocenters. The summed E-state index contributed by atoms with van der Waals surface area (Å²) in [6.07, 6.45) is 9.47. The van der Waals surface area contributed by atoms with Crippen LogP contribution in [0.4, 0.5) is 11.5 Å². The van der Waals surface area contributed by atoms with Crippen LogP contribution in [-0.2, 0) is 4.74 Å². The van der Waals surface area contributed by atoms with Gasteiger partial charge < -0.3 is 24.8 Å². The molecule has 0 radical (unpaired) electrons. The van der Waals surface area contributed by atoms with E-state index in [1.807, 2.05) is 35.4 Å². The number of carbonyl (C=O) groups excluding carboxylic acids is 1. The van der Waals surface area contributed by atoms with Crippen molar-refractivity contribution < 1.29 is 19.4 Å². The maximum absolute atomic E-state index is 12.8. The summed E-state index contributed by atoms with van der Waals surface area (Å²) in [7, 11) is 3.25. The zero-order valence-corrected chi connectivity index (χ0v) is 22.2. The van der Waals surface area contributed by atoms with Crippen molar-refractivity contribution in [3.63, 3.8) is 0 Å². The molecular formula is C30H33N5O4. The number of benzene rings is 2. The molecule has 0 spiro atoms. The van der Waals surface area contributed by atoms with Crippen molar-refractivity contribution in [3.8, 4) is 16.9 Å². The van der Waals surface area contributed by atoms with Gasteiger partial charge in [0, 0.05) is 49.1 Å². The smallest absolute Gasteiger partial charge is 0.254 e. The van der Waals surface area contributed by atoms with Gasteiger partial charge in [0.15, 0.2) is 0 Å². The summed E-state index contributed by atoms with van der Waals surface area (Å²) in [6.45, 7) is 1.20. The Morgan fingerprint density at radius 3 is 2.64 bits per heavy atom. The Labute approximate surface area is 227 Å². The molecule has 1 saturated heterocycles. The van der Waals surface area contributed by atoms with Crippen LogP contribution in [0.5, 0.6) is 5.75 Å². The first-order valence-electron chi connectivity index (χ1n) is 13.4. The summed E-state index contributed by atoms with van der Waals surface area (Å²) in [6, 6.07) is 13.7. The summed E-state index contributed by atoms with van der Waals surface area (Å²) in [4.78, 5) is 19.1. The SMILES string of the molecule is COc1cc(C(=O)N2CC(OC)C2)ccc1Nc1cc2cc(-c3cnn(C4CCCCC4O)c3)ccc2cn1. The van der Waals surface area contributed by atoms with Gasteiger partial charge in [-0.05, 0) is 54.1 Å². The van der Waals surface area contributed by atoms with Crippen LogP contribution in [-0.4, -0.2) is 70.2 Å². The van der Waals surface area contributed by atoms with E-state index in [-0.39, 0.29) is 24.2 Å². The maximum Gasteiger partial charge on any atom is 0.254 e. The van der Waals surface area contributed by atoms with Crippen LogP contribution in [0.2, 0.25) is 0 Å². The highest BCUT2D eigenvalue weighted by Gasteiger charge is 2.31. The third kappa shape index (κ3) is 5.07. The Morgan fingerprint density at radius 2 is 1.85 bits per heavy atom. The van der Waals surface area contributed by atoms with Gasteiger partial charge >= 0.3 is 0 Å². The molecule has 2 N–H and O–H groups in total. The van der Waals surface area contributed by atoms with Crippen LogP contribution >= 0.6 is 0 Å². The second-order valence-corrected chi connectivity index (χ2v) is 10.4. The molecule has 1 aliphatic carbocycles. The van der Waals surface area contributed by atoms with Crippen molar-refractivity contribution in [2.45, 2.75) is 43.9 Å². The fraction of sp³-hybridized carbons (Fsp3) is 0.367. The van der Waals surface area contributed by atoms with Crippen LogP contribution in [0.15, 0.2) is 61.1 Å². The molecule has 0 bridgehead atoms. The monoisotopic (exact) mass is 527 g/mol. The molecule has 2 atom stereocenters. The van der Waals surface area contributed by atoms with Gasteiger partial charge in [-0.15, -0.1) is 0 Å². The van der Waals surface area contributed by atoms with E-state index in [1.165, 1.54) is 0 Å². The van der Waals surface area contributed by atoms with Crippen LogP contribution in [0.25, 0.3) is 21.9 Å². The number of rotatable bonds is 7. The summed E-state index contributed by atoms with van der Waals surface area (Å²) in [5.41, 5.74) is 3.37. The average molecular weight is 528 g/mol. The number of hydrogen-bond acceptors (Lipinski definition) is 7. The van der Waals surface area contributed by atoms with Crippen molar-refractivity contribution >= 4 is 28.2 Å². The van der Waals surface area contributed by atoms with Gasteiger partial charge in [-0.2, -0.15) is 5.10 Å². The van der Waals surface area contributed by atoms with Gasteiger partial charge in [-0.3, -0.25) is 9.48 Å². The van der Waals surface area contributed by atoms with Crippen molar-refractivity contribution in [1.82, 2.24) is 19.7 Å². The van der Waals surface area contributed by atoms with Crippen molar-refractivity contribution in [3.05, 3.63) is 66.6 Å². The van der Waals surface area contributed by atoms with Crippen molar-refractivity contribution in [2.24, 2.45) is 0 Å². The van der Waals surface area contributed by atoms with Crippen molar-refractivity contribution in [2.75, 3.05) is 32.6 Å². The van der Waals surface area contributed by atoms with E-state index in [2.05, 4.69) is 33.6 Å². The molecule has 6 rings (SSSR count). The van der Waals surface area contributed by atoms with Gasteiger partial charge in [0.25, 0.3) is 5.91 Å². The standard InChI is InChI=1S/C30H33N5O4/c1-38-24-17-34(18-24)30(37)20-9-10-25(28(12-20)39-2)33-29-13-22-11-19(7-8-21(22)14-31-29)23-15-32-35(16-23)26-5-3-4-6-27(26)36/h7-16,24,26-27,36H,3-6,17-18H2,1-2H3,(H,31,33). The molecule has 2 aromatic carbocycles. The minimum Gasteiger partial charge on any atom is -0.495 e. The molecule has 1 saturated carbocycles. The molecule has 1 aliphatic heterocycles. The zero-order chi connectivity index (χ0) is 26.9. The molecule has 39 heavy (non-hydrogen) atoms. The molecule has 1 amide bonds. The van der Waals surface area contributed by atoms with Crippen LogP contribution < -0.4 is 10.1 Å². The fourth-order valence-electron chi connectivity index (χ4n) is 5.46. The van der Waals surface area contributed by atoms with Gasteiger partial charge in [0.1, 0.15) is 11.6 Å². The Balaban J connectivity index is 1.21. The van der Waals surface area contributed by atoms with Crippen LogP contribution in [0.1, 0.15) is 42.1 Å². The summed E-state index contributed by atoms with van der Waals surface area (Å²) in [5.74, 6) is 1.20. The molecular weight excluding hydrogens is 494 g/mol. The van der Waals surface area contributed by atoms with E-state index in [4.69, 9.17) is 9.47 Å². The summed E-state index contributed by atoms with van der Waals surface area (Å²) >= 11 is 0. The molecule has 2 fully saturated rings. The number of ether oxygens (including phenoxy) is 2. The van der Waals surface area contributed by atoms with E-state index in [0.29, 0.717) is 30.2 Å². The van der Waals surface area contributed by atoms with E-state index in [0.717, 1.165) is 53.3 Å². The number of fused-ring (bicyclic) bond motifs is 1. The molecule has 3 heterocycles. The highest BCUT2D eigenvalue weighted by Crippen LogP contribution is 2.33. The van der Waals surface area contributed by atoms with Crippen LogP contribution in [0, 0.1) is 0 Å². The normalized spacial score (nSPS) is 19.6. The third-order valence-corrected chi connectivity index (χ3v) is 7.87. The second-order valence-electron chi connectivity index (χ2n) is 10.4. The van der Waals surface area contributed by atoms with Gasteiger partial charge in [0.2, 0.25) is 0 Å². The Kier molecular flexibility index (Phi) is 6.93. The minimum absolute atomic E-state index is 0.0363. The number of nitrogens with one attached hydrogen (secondary N) is 1. The van der Waals surface area contributed by atoms with E-state index >= 15 is 0 Å². The zero-order valence-electron chi connectivity index (χ0n) is 22.2. The largest absolute Gasteiger partial charge is 0.495 e. The number of nitrogens with zero attached hydrogens (tertiary/aromatic N) is 4. The summed E-state index contributed by atoms with van der Waals surface area (Å²) < 4.78 is 12.8. The average Bonchev–Trinajstić information content (AvgIpc) is 3.42. The molecule has 9 heteroatoms. The number of aliphatic hydroxyl groups excluding tert-OH is 1. The summed E-state index contributed by atoms with van der Waals surface area (Å²) in [5, 5.41) is 20.4. The minimum atomic E-state index is -0.342. The lowest BCUT2D eigenvalue weighted by molar-refractivity contribution is -0.0192. The van der Waals surface area contributed by atoms with E-state index in [9.17, 15) is 9.90 Å². The highest BCUT2D eigenvalue weighted by molar-refractivity contribution is 5.96. The maximum atomic E-state index is 12.8. The first kappa shape index (κ1) is 25.3. The molecule has 202 valence electrons. The number of pyridine rings is 1. The predicted molar refractivity (Wildman–Crippen MR) is 149 cm³/mol. The Morgan fingerprint density at radius 1 is 1.00 bits per heavy atom. The number of aliphatic hydroxyl groups is 1. The first-order chi connectivity index (χ1) is 19.0. The van der Waals surface area contributed by atoms with E-state index < -0.39 is 0 Å². The fourth-order valence-corrected chi connectivity index (χ4v) is 5.46. The molecule has 4 aromatic rings. The number of anilines is 2. The predicted octanol–water partition coefficient (Wildman–Crippen LogP) is 4.80. The quantitative estimate of drug-likeness (QED) is 0.356. The number of amides is 1. The number of hydrogen-bond donors (Lipinski definition) is 2. The van der Waals surface area contributed by atoms with Gasteiger partial charge in [-0.25, -0.2) is 4.98 Å². The lowest BCUT2D eigenvalue weighted by atomic mass is 9.93. The third-order valence-electron chi connectivity index (χ3n) is 7.87. The van der Waals surface area contributed by atoms with E-state index in [1.54, 1.807) is 31.3 Å².